The van der Waals surface area contributed by atoms with Gasteiger partial charge in [-0.1, -0.05) is 29.8 Å². The SMILES string of the molecule is COc1ccc(NC(=O)NCCc2ccc(C)cc2)cc1. The Labute approximate surface area is 125 Å². The smallest absolute Gasteiger partial charge is 0.319 e. The third-order valence-electron chi connectivity index (χ3n) is 3.17. The van der Waals surface area contributed by atoms with Gasteiger partial charge in [0.05, 0.1) is 7.11 Å². The number of anilines is 1. The van der Waals surface area contributed by atoms with Crippen LogP contribution in [0.25, 0.3) is 0 Å². The van der Waals surface area contributed by atoms with E-state index < -0.39 is 0 Å². The number of urea groups is 1. The summed E-state index contributed by atoms with van der Waals surface area (Å²) in [6.45, 7) is 2.66. The quantitative estimate of drug-likeness (QED) is 0.884. The molecule has 0 aliphatic carbocycles. The Kier molecular flexibility index (Phi) is 5.21. The van der Waals surface area contributed by atoms with Crippen LogP contribution in [-0.2, 0) is 6.42 Å². The van der Waals surface area contributed by atoms with E-state index in [0.29, 0.717) is 6.54 Å². The Morgan fingerprint density at radius 3 is 2.33 bits per heavy atom. The van der Waals surface area contributed by atoms with E-state index in [-0.39, 0.29) is 6.03 Å². The number of aryl methyl sites for hydroxylation is 1. The van der Waals surface area contributed by atoms with Crippen molar-refractivity contribution in [2.75, 3.05) is 19.0 Å². The predicted octanol–water partition coefficient (Wildman–Crippen LogP) is 3.37. The van der Waals surface area contributed by atoms with E-state index in [2.05, 4.69) is 41.8 Å². The van der Waals surface area contributed by atoms with Crippen LogP contribution < -0.4 is 15.4 Å². The second-order valence-corrected chi connectivity index (χ2v) is 4.85. The van der Waals surface area contributed by atoms with Crippen LogP contribution in [0.1, 0.15) is 11.1 Å². The zero-order valence-electron chi connectivity index (χ0n) is 12.3. The molecule has 0 bridgehead atoms. The third-order valence-corrected chi connectivity index (χ3v) is 3.17. The number of benzene rings is 2. The number of hydrogen-bond acceptors (Lipinski definition) is 2. The van der Waals surface area contributed by atoms with Crippen molar-refractivity contribution >= 4 is 11.7 Å². The maximum absolute atomic E-state index is 11.8. The molecule has 0 heterocycles. The van der Waals surface area contributed by atoms with Crippen LogP contribution in [-0.4, -0.2) is 19.7 Å². The molecule has 2 aromatic carbocycles. The largest absolute Gasteiger partial charge is 0.497 e. The first-order valence-electron chi connectivity index (χ1n) is 6.92. The zero-order valence-corrected chi connectivity index (χ0v) is 12.3. The normalized spacial score (nSPS) is 10.0. The summed E-state index contributed by atoms with van der Waals surface area (Å²) in [6.07, 6.45) is 0.816. The number of hydrogen-bond donors (Lipinski definition) is 2. The second kappa shape index (κ2) is 7.33. The van der Waals surface area contributed by atoms with Crippen LogP contribution in [0.2, 0.25) is 0 Å². The Bertz CT molecular complexity index is 577. The molecule has 0 atom stereocenters. The molecule has 0 saturated carbocycles. The molecule has 2 N–H and O–H groups in total. The maximum Gasteiger partial charge on any atom is 0.319 e. The predicted molar refractivity (Wildman–Crippen MR) is 84.9 cm³/mol. The summed E-state index contributed by atoms with van der Waals surface area (Å²) >= 11 is 0. The minimum absolute atomic E-state index is 0.202. The van der Waals surface area contributed by atoms with Gasteiger partial charge in [0.1, 0.15) is 5.75 Å². The molecule has 2 aromatic rings. The van der Waals surface area contributed by atoms with Crippen LogP contribution in [0.5, 0.6) is 5.75 Å². The highest BCUT2D eigenvalue weighted by Crippen LogP contribution is 2.14. The Balaban J connectivity index is 1.75. The van der Waals surface area contributed by atoms with Gasteiger partial charge in [0.15, 0.2) is 0 Å². The van der Waals surface area contributed by atoms with Gasteiger partial charge in [-0.25, -0.2) is 4.79 Å². The van der Waals surface area contributed by atoms with Crippen LogP contribution in [0.15, 0.2) is 48.5 Å². The molecular formula is C17H20N2O2. The van der Waals surface area contributed by atoms with Gasteiger partial charge in [-0.05, 0) is 43.2 Å². The lowest BCUT2D eigenvalue weighted by Gasteiger charge is -2.08. The summed E-state index contributed by atoms with van der Waals surface area (Å²) in [6, 6.07) is 15.3. The molecule has 2 rings (SSSR count). The molecule has 0 aliphatic heterocycles. The third kappa shape index (κ3) is 4.84. The van der Waals surface area contributed by atoms with Crippen LogP contribution >= 0.6 is 0 Å². The van der Waals surface area contributed by atoms with Crippen molar-refractivity contribution in [3.63, 3.8) is 0 Å². The van der Waals surface area contributed by atoms with Gasteiger partial charge in [0, 0.05) is 12.2 Å². The highest BCUT2D eigenvalue weighted by molar-refractivity contribution is 5.89. The molecule has 4 nitrogen and oxygen atoms in total. The molecule has 4 heteroatoms. The average Bonchev–Trinajstić information content (AvgIpc) is 2.50. The molecule has 21 heavy (non-hydrogen) atoms. The van der Waals surface area contributed by atoms with Crippen molar-refractivity contribution < 1.29 is 9.53 Å². The maximum atomic E-state index is 11.8. The molecule has 0 unspecified atom stereocenters. The first kappa shape index (κ1) is 14.9. The number of amides is 2. The number of ether oxygens (including phenoxy) is 1. The molecule has 0 saturated heterocycles. The topological polar surface area (TPSA) is 50.4 Å². The number of rotatable bonds is 5. The van der Waals surface area contributed by atoms with Gasteiger partial charge < -0.3 is 15.4 Å². The number of carbonyl (C=O) groups is 1. The van der Waals surface area contributed by atoms with E-state index >= 15 is 0 Å². The summed E-state index contributed by atoms with van der Waals surface area (Å²) in [4.78, 5) is 11.8. The summed E-state index contributed by atoms with van der Waals surface area (Å²) in [5.74, 6) is 0.764. The minimum atomic E-state index is -0.202. The first-order chi connectivity index (χ1) is 10.2. The second-order valence-electron chi connectivity index (χ2n) is 4.85. The number of nitrogens with one attached hydrogen (secondary N) is 2. The van der Waals surface area contributed by atoms with Gasteiger partial charge in [0.25, 0.3) is 0 Å². The number of carbonyl (C=O) groups excluding carboxylic acids is 1. The van der Waals surface area contributed by atoms with Gasteiger partial charge >= 0.3 is 6.03 Å². The van der Waals surface area contributed by atoms with E-state index in [1.54, 1.807) is 19.2 Å². The lowest BCUT2D eigenvalue weighted by atomic mass is 10.1. The summed E-state index contributed by atoms with van der Waals surface area (Å²) in [5, 5.41) is 5.62. The Morgan fingerprint density at radius 1 is 1.05 bits per heavy atom. The highest BCUT2D eigenvalue weighted by atomic mass is 16.5. The molecular weight excluding hydrogens is 264 g/mol. The highest BCUT2D eigenvalue weighted by Gasteiger charge is 2.01. The van der Waals surface area contributed by atoms with Gasteiger partial charge in [-0.3, -0.25) is 0 Å². The molecule has 0 spiro atoms. The fourth-order valence-corrected chi connectivity index (χ4v) is 1.92. The van der Waals surface area contributed by atoms with Crippen molar-refractivity contribution in [1.29, 1.82) is 0 Å². The zero-order chi connectivity index (χ0) is 15.1. The molecule has 2 amide bonds. The van der Waals surface area contributed by atoms with Crippen LogP contribution in [0, 0.1) is 6.92 Å². The molecule has 0 aliphatic rings. The first-order valence-corrected chi connectivity index (χ1v) is 6.92. The molecule has 0 fully saturated rings. The van der Waals surface area contributed by atoms with E-state index in [0.717, 1.165) is 17.9 Å². The van der Waals surface area contributed by atoms with Crippen molar-refractivity contribution in [2.45, 2.75) is 13.3 Å². The Morgan fingerprint density at radius 2 is 1.71 bits per heavy atom. The number of methoxy groups -OCH3 is 1. The van der Waals surface area contributed by atoms with Gasteiger partial charge in [-0.15, -0.1) is 0 Å². The van der Waals surface area contributed by atoms with Crippen molar-refractivity contribution in [2.24, 2.45) is 0 Å². The van der Waals surface area contributed by atoms with Gasteiger partial charge in [0.2, 0.25) is 0 Å². The lowest BCUT2D eigenvalue weighted by Crippen LogP contribution is -2.30. The van der Waals surface area contributed by atoms with Crippen molar-refractivity contribution in [3.05, 3.63) is 59.7 Å². The van der Waals surface area contributed by atoms with Crippen molar-refractivity contribution in [1.82, 2.24) is 5.32 Å². The van der Waals surface area contributed by atoms with Crippen LogP contribution in [0.3, 0.4) is 0 Å². The van der Waals surface area contributed by atoms with Crippen molar-refractivity contribution in [3.8, 4) is 5.75 Å². The standard InChI is InChI=1S/C17H20N2O2/c1-13-3-5-14(6-4-13)11-12-18-17(20)19-15-7-9-16(21-2)10-8-15/h3-10H,11-12H2,1-2H3,(H2,18,19,20). The lowest BCUT2D eigenvalue weighted by molar-refractivity contribution is 0.252. The fourth-order valence-electron chi connectivity index (χ4n) is 1.92. The van der Waals surface area contributed by atoms with E-state index in [1.807, 2.05) is 12.1 Å². The van der Waals surface area contributed by atoms with Gasteiger partial charge in [-0.2, -0.15) is 0 Å². The Hall–Kier alpha value is -2.49. The van der Waals surface area contributed by atoms with E-state index in [1.165, 1.54) is 11.1 Å². The van der Waals surface area contributed by atoms with Crippen LogP contribution in [0.4, 0.5) is 10.5 Å². The summed E-state index contributed by atoms with van der Waals surface area (Å²) in [7, 11) is 1.61. The molecule has 0 radical (unpaired) electrons. The average molecular weight is 284 g/mol. The molecule has 110 valence electrons. The van der Waals surface area contributed by atoms with E-state index in [9.17, 15) is 4.79 Å². The summed E-state index contributed by atoms with van der Waals surface area (Å²) in [5.41, 5.74) is 3.19. The summed E-state index contributed by atoms with van der Waals surface area (Å²) < 4.78 is 5.07. The molecule has 0 aromatic heterocycles. The minimum Gasteiger partial charge on any atom is -0.497 e. The monoisotopic (exact) mass is 284 g/mol. The van der Waals surface area contributed by atoms with E-state index in [4.69, 9.17) is 4.74 Å². The fraction of sp³-hybridized carbons (Fsp3) is 0.235.